The second-order valence-electron chi connectivity index (χ2n) is 4.06. The van der Waals surface area contributed by atoms with E-state index in [9.17, 15) is 8.42 Å². The Morgan fingerprint density at radius 1 is 1.31 bits per heavy atom. The van der Waals surface area contributed by atoms with E-state index in [2.05, 4.69) is 21.2 Å². The Balaban J connectivity index is 2.30. The molecule has 1 saturated heterocycles. The number of halogens is 1. The third-order valence-electron chi connectivity index (χ3n) is 3.02. The maximum absolute atomic E-state index is 11.8. The van der Waals surface area contributed by atoms with Gasteiger partial charge in [-0.2, -0.15) is 0 Å². The van der Waals surface area contributed by atoms with Crippen molar-refractivity contribution in [3.8, 4) is 0 Å². The van der Waals surface area contributed by atoms with Crippen LogP contribution in [0.5, 0.6) is 0 Å². The van der Waals surface area contributed by atoms with E-state index in [0.29, 0.717) is 6.54 Å². The highest BCUT2D eigenvalue weighted by molar-refractivity contribution is 9.10. The van der Waals surface area contributed by atoms with Gasteiger partial charge in [0.15, 0.2) is 9.84 Å². The molecule has 0 amide bonds. The van der Waals surface area contributed by atoms with Gasteiger partial charge >= 0.3 is 0 Å². The van der Waals surface area contributed by atoms with Crippen LogP contribution in [0.3, 0.4) is 0 Å². The summed E-state index contributed by atoms with van der Waals surface area (Å²) in [4.78, 5) is 0. The highest BCUT2D eigenvalue weighted by Gasteiger charge is 2.33. The molecule has 2 atom stereocenters. The Morgan fingerprint density at radius 2 is 1.94 bits per heavy atom. The van der Waals surface area contributed by atoms with Crippen molar-refractivity contribution in [2.45, 2.75) is 18.2 Å². The molecule has 1 aromatic rings. The molecule has 0 aliphatic carbocycles. The summed E-state index contributed by atoms with van der Waals surface area (Å²) in [7, 11) is -2.94. The predicted molar refractivity (Wildman–Crippen MR) is 68.1 cm³/mol. The lowest BCUT2D eigenvalue weighted by Crippen LogP contribution is -2.45. The SMILES string of the molecule is CC1C(c2ccc(Br)cc2)NCCS1(=O)=O. The molecule has 1 aromatic carbocycles. The molecule has 1 fully saturated rings. The van der Waals surface area contributed by atoms with E-state index in [1.165, 1.54) is 0 Å². The Kier molecular flexibility index (Phi) is 3.37. The maximum Gasteiger partial charge on any atom is 0.156 e. The largest absolute Gasteiger partial charge is 0.308 e. The van der Waals surface area contributed by atoms with Gasteiger partial charge in [-0.05, 0) is 24.6 Å². The van der Waals surface area contributed by atoms with Crippen LogP contribution in [0.15, 0.2) is 28.7 Å². The van der Waals surface area contributed by atoms with E-state index in [4.69, 9.17) is 0 Å². The molecule has 5 heteroatoms. The second kappa shape index (κ2) is 4.47. The van der Waals surface area contributed by atoms with Gasteiger partial charge in [-0.15, -0.1) is 0 Å². The second-order valence-corrected chi connectivity index (χ2v) is 7.45. The van der Waals surface area contributed by atoms with Gasteiger partial charge in [0.2, 0.25) is 0 Å². The Bertz CT molecular complexity index is 469. The zero-order valence-electron chi connectivity index (χ0n) is 8.98. The van der Waals surface area contributed by atoms with Crippen LogP contribution in [-0.4, -0.2) is 26.0 Å². The third kappa shape index (κ3) is 2.31. The summed E-state index contributed by atoms with van der Waals surface area (Å²) in [5.74, 6) is 0.237. The van der Waals surface area contributed by atoms with Crippen molar-refractivity contribution in [2.75, 3.05) is 12.3 Å². The highest BCUT2D eigenvalue weighted by atomic mass is 79.9. The zero-order chi connectivity index (χ0) is 11.8. The molecule has 2 unspecified atom stereocenters. The summed E-state index contributed by atoms with van der Waals surface area (Å²) in [6.07, 6.45) is 0. The van der Waals surface area contributed by atoms with Gasteiger partial charge in [-0.25, -0.2) is 8.42 Å². The zero-order valence-corrected chi connectivity index (χ0v) is 11.4. The van der Waals surface area contributed by atoms with E-state index in [-0.39, 0.29) is 17.0 Å². The highest BCUT2D eigenvalue weighted by Crippen LogP contribution is 2.26. The van der Waals surface area contributed by atoms with Crippen LogP contribution in [0, 0.1) is 0 Å². The topological polar surface area (TPSA) is 46.2 Å². The Hall–Kier alpha value is -0.390. The summed E-state index contributed by atoms with van der Waals surface area (Å²) >= 11 is 3.37. The summed E-state index contributed by atoms with van der Waals surface area (Å²) in [5, 5.41) is 2.91. The average Bonchev–Trinajstić information content (AvgIpc) is 2.24. The lowest BCUT2D eigenvalue weighted by Gasteiger charge is -2.30. The smallest absolute Gasteiger partial charge is 0.156 e. The molecular weight excluding hydrogens is 290 g/mol. The Morgan fingerprint density at radius 3 is 2.56 bits per heavy atom. The third-order valence-corrected chi connectivity index (χ3v) is 5.72. The molecule has 3 nitrogen and oxygen atoms in total. The van der Waals surface area contributed by atoms with Gasteiger partial charge in [-0.3, -0.25) is 0 Å². The molecule has 1 N–H and O–H groups in total. The van der Waals surface area contributed by atoms with E-state index in [1.807, 2.05) is 24.3 Å². The van der Waals surface area contributed by atoms with Crippen molar-refractivity contribution in [2.24, 2.45) is 0 Å². The van der Waals surface area contributed by atoms with Crippen molar-refractivity contribution in [3.63, 3.8) is 0 Å². The van der Waals surface area contributed by atoms with Crippen LogP contribution >= 0.6 is 15.9 Å². The molecule has 1 aliphatic heterocycles. The van der Waals surface area contributed by atoms with Crippen molar-refractivity contribution < 1.29 is 8.42 Å². The van der Waals surface area contributed by atoms with Gasteiger partial charge in [0.05, 0.1) is 11.0 Å². The fourth-order valence-electron chi connectivity index (χ4n) is 1.97. The average molecular weight is 304 g/mol. The minimum Gasteiger partial charge on any atom is -0.308 e. The van der Waals surface area contributed by atoms with Crippen molar-refractivity contribution in [1.82, 2.24) is 5.32 Å². The molecule has 16 heavy (non-hydrogen) atoms. The molecule has 0 aromatic heterocycles. The first kappa shape index (κ1) is 12.1. The molecule has 1 heterocycles. The van der Waals surface area contributed by atoms with Gasteiger partial charge in [0.25, 0.3) is 0 Å². The van der Waals surface area contributed by atoms with Crippen molar-refractivity contribution >= 4 is 25.8 Å². The van der Waals surface area contributed by atoms with E-state index in [1.54, 1.807) is 6.92 Å². The Labute approximate surface area is 104 Å². The molecule has 0 saturated carbocycles. The molecular formula is C11H14BrNO2S. The van der Waals surface area contributed by atoms with Gasteiger partial charge < -0.3 is 5.32 Å². The van der Waals surface area contributed by atoms with Crippen LogP contribution in [0.25, 0.3) is 0 Å². The number of hydrogen-bond donors (Lipinski definition) is 1. The molecule has 88 valence electrons. The fraction of sp³-hybridized carbons (Fsp3) is 0.455. The number of benzene rings is 1. The molecule has 0 radical (unpaired) electrons. The van der Waals surface area contributed by atoms with E-state index >= 15 is 0 Å². The molecule has 2 rings (SSSR count). The van der Waals surface area contributed by atoms with E-state index < -0.39 is 9.84 Å². The monoisotopic (exact) mass is 303 g/mol. The summed E-state index contributed by atoms with van der Waals surface area (Å²) in [6.45, 7) is 2.31. The minimum atomic E-state index is -2.94. The lowest BCUT2D eigenvalue weighted by molar-refractivity contribution is 0.483. The first-order valence-corrected chi connectivity index (χ1v) is 7.72. The van der Waals surface area contributed by atoms with Crippen LogP contribution in [0.1, 0.15) is 18.5 Å². The van der Waals surface area contributed by atoms with Crippen LogP contribution in [-0.2, 0) is 9.84 Å². The van der Waals surface area contributed by atoms with E-state index in [0.717, 1.165) is 10.0 Å². The molecule has 0 bridgehead atoms. The normalized spacial score (nSPS) is 28.9. The number of hydrogen-bond acceptors (Lipinski definition) is 3. The van der Waals surface area contributed by atoms with Crippen LogP contribution in [0.2, 0.25) is 0 Å². The molecule has 0 spiro atoms. The van der Waals surface area contributed by atoms with Crippen LogP contribution in [0.4, 0.5) is 0 Å². The summed E-state index contributed by atoms with van der Waals surface area (Å²) in [6, 6.07) is 7.69. The number of rotatable bonds is 1. The predicted octanol–water partition coefficient (Wildman–Crippen LogP) is 1.90. The van der Waals surface area contributed by atoms with Crippen LogP contribution < -0.4 is 5.32 Å². The quantitative estimate of drug-likeness (QED) is 0.862. The summed E-state index contributed by atoms with van der Waals surface area (Å²) < 4.78 is 24.6. The maximum atomic E-state index is 11.8. The van der Waals surface area contributed by atoms with Crippen molar-refractivity contribution in [1.29, 1.82) is 0 Å². The summed E-state index contributed by atoms with van der Waals surface area (Å²) in [5.41, 5.74) is 1.03. The molecule has 1 aliphatic rings. The van der Waals surface area contributed by atoms with Crippen molar-refractivity contribution in [3.05, 3.63) is 34.3 Å². The van der Waals surface area contributed by atoms with Gasteiger partial charge in [0, 0.05) is 17.1 Å². The van der Waals surface area contributed by atoms with Gasteiger partial charge in [-0.1, -0.05) is 28.1 Å². The standard InChI is InChI=1S/C11H14BrNO2S/c1-8-11(13-6-7-16(8,14)15)9-2-4-10(12)5-3-9/h2-5,8,11,13H,6-7H2,1H3. The number of sulfone groups is 1. The first-order valence-electron chi connectivity index (χ1n) is 5.21. The van der Waals surface area contributed by atoms with Gasteiger partial charge in [0.1, 0.15) is 0 Å². The lowest BCUT2D eigenvalue weighted by atomic mass is 10.0. The fourth-order valence-corrected chi connectivity index (χ4v) is 3.68. The number of nitrogens with one attached hydrogen (secondary N) is 1. The minimum absolute atomic E-state index is 0.0909. The first-order chi connectivity index (χ1) is 7.50.